The number of hydrogen-bond acceptors (Lipinski definition) is 4. The van der Waals surface area contributed by atoms with Gasteiger partial charge in [0.15, 0.2) is 5.82 Å². The van der Waals surface area contributed by atoms with Gasteiger partial charge in [0.25, 0.3) is 0 Å². The van der Waals surface area contributed by atoms with Crippen molar-refractivity contribution in [1.29, 1.82) is 0 Å². The van der Waals surface area contributed by atoms with Crippen LogP contribution in [0.4, 0.5) is 11.4 Å². The van der Waals surface area contributed by atoms with E-state index in [1.807, 2.05) is 45.2 Å². The standard InChI is InChI=1S/C15H19N5O/c1-10-8-20(9-14-16-11(2)17-18-14)13-7-5-4-6-12(13)19(3)15(10)21/h4-7,10H,8-9H2,1-3H3,(H,16,17,18)/t10-/m0/s1. The number of carbonyl (C=O) groups excluding carboxylic acids is 1. The fraction of sp³-hybridized carbons (Fsp3) is 0.400. The molecule has 3 rings (SSSR count). The summed E-state index contributed by atoms with van der Waals surface area (Å²) in [6, 6.07) is 7.95. The molecule has 0 saturated heterocycles. The second-order valence-electron chi connectivity index (χ2n) is 5.50. The van der Waals surface area contributed by atoms with Crippen LogP contribution >= 0.6 is 0 Å². The van der Waals surface area contributed by atoms with E-state index in [-0.39, 0.29) is 11.8 Å². The van der Waals surface area contributed by atoms with E-state index in [4.69, 9.17) is 0 Å². The molecule has 6 nitrogen and oxygen atoms in total. The Morgan fingerprint density at radius 2 is 2.05 bits per heavy atom. The maximum atomic E-state index is 12.4. The third-order valence-electron chi connectivity index (χ3n) is 3.81. The van der Waals surface area contributed by atoms with Crippen LogP contribution < -0.4 is 9.80 Å². The number of H-pyrrole nitrogens is 1. The molecule has 1 N–H and O–H groups in total. The van der Waals surface area contributed by atoms with Gasteiger partial charge in [-0.15, -0.1) is 0 Å². The molecule has 0 spiro atoms. The van der Waals surface area contributed by atoms with Gasteiger partial charge in [0, 0.05) is 13.6 Å². The largest absolute Gasteiger partial charge is 0.361 e. The Hall–Kier alpha value is -2.37. The molecule has 0 unspecified atom stereocenters. The zero-order valence-electron chi connectivity index (χ0n) is 12.5. The summed E-state index contributed by atoms with van der Waals surface area (Å²) in [5.74, 6) is 1.61. The van der Waals surface area contributed by atoms with Crippen LogP contribution in [0.1, 0.15) is 18.6 Å². The van der Waals surface area contributed by atoms with E-state index in [1.165, 1.54) is 0 Å². The molecule has 0 fully saturated rings. The quantitative estimate of drug-likeness (QED) is 0.912. The number of aromatic nitrogens is 3. The highest BCUT2D eigenvalue weighted by atomic mass is 16.2. The van der Waals surface area contributed by atoms with Gasteiger partial charge >= 0.3 is 0 Å². The Morgan fingerprint density at radius 1 is 1.33 bits per heavy atom. The van der Waals surface area contributed by atoms with Crippen LogP contribution in [0.25, 0.3) is 0 Å². The predicted molar refractivity (Wildman–Crippen MR) is 81.2 cm³/mol. The molecule has 6 heteroatoms. The third kappa shape index (κ3) is 2.49. The molecule has 1 atom stereocenters. The van der Waals surface area contributed by atoms with E-state index in [9.17, 15) is 4.79 Å². The van der Waals surface area contributed by atoms with Gasteiger partial charge in [-0.25, -0.2) is 4.98 Å². The first-order valence-electron chi connectivity index (χ1n) is 7.05. The molecule has 1 aromatic carbocycles. The molecular formula is C15H19N5O. The van der Waals surface area contributed by atoms with E-state index >= 15 is 0 Å². The van der Waals surface area contributed by atoms with Crippen LogP contribution in [0.15, 0.2) is 24.3 Å². The number of hydrogen-bond donors (Lipinski definition) is 1. The van der Waals surface area contributed by atoms with Crippen LogP contribution in [0.2, 0.25) is 0 Å². The summed E-state index contributed by atoms with van der Waals surface area (Å²) >= 11 is 0. The molecule has 1 aromatic heterocycles. The second kappa shape index (κ2) is 5.20. The Morgan fingerprint density at radius 3 is 2.71 bits per heavy atom. The highest BCUT2D eigenvalue weighted by molar-refractivity contribution is 5.99. The van der Waals surface area contributed by atoms with Crippen molar-refractivity contribution in [3.63, 3.8) is 0 Å². The van der Waals surface area contributed by atoms with Crippen molar-refractivity contribution >= 4 is 17.3 Å². The summed E-state index contributed by atoms with van der Waals surface area (Å²) in [5.41, 5.74) is 1.97. The summed E-state index contributed by atoms with van der Waals surface area (Å²) in [7, 11) is 1.83. The fourth-order valence-corrected chi connectivity index (χ4v) is 2.75. The van der Waals surface area contributed by atoms with Crippen LogP contribution in [-0.2, 0) is 11.3 Å². The maximum absolute atomic E-state index is 12.4. The molecule has 1 aliphatic rings. The van der Waals surface area contributed by atoms with Gasteiger partial charge in [0.1, 0.15) is 5.82 Å². The number of para-hydroxylation sites is 2. The third-order valence-corrected chi connectivity index (χ3v) is 3.81. The minimum absolute atomic E-state index is 0.0672. The van der Waals surface area contributed by atoms with Crippen molar-refractivity contribution in [2.24, 2.45) is 5.92 Å². The van der Waals surface area contributed by atoms with Crippen molar-refractivity contribution in [3.05, 3.63) is 35.9 Å². The molecule has 110 valence electrons. The highest BCUT2D eigenvalue weighted by Gasteiger charge is 2.29. The molecule has 1 aliphatic heterocycles. The van der Waals surface area contributed by atoms with Crippen molar-refractivity contribution in [2.75, 3.05) is 23.4 Å². The summed E-state index contributed by atoms with van der Waals surface area (Å²) < 4.78 is 0. The summed E-state index contributed by atoms with van der Waals surface area (Å²) in [6.45, 7) is 5.09. The van der Waals surface area contributed by atoms with Gasteiger partial charge in [-0.05, 0) is 19.1 Å². The summed E-state index contributed by atoms with van der Waals surface area (Å²) in [5, 5.41) is 7.06. The number of benzene rings is 1. The van der Waals surface area contributed by atoms with Gasteiger partial charge in [0.05, 0.1) is 23.8 Å². The van der Waals surface area contributed by atoms with E-state index in [2.05, 4.69) is 20.1 Å². The van der Waals surface area contributed by atoms with Gasteiger partial charge < -0.3 is 9.80 Å². The monoisotopic (exact) mass is 285 g/mol. The van der Waals surface area contributed by atoms with E-state index < -0.39 is 0 Å². The number of aryl methyl sites for hydroxylation is 1. The SMILES string of the molecule is Cc1nc(CN2C[C@H](C)C(=O)N(C)c3ccccc32)n[nH]1. The first kappa shape index (κ1) is 13.6. The first-order valence-corrected chi connectivity index (χ1v) is 7.05. The Balaban J connectivity index is 1.99. The number of rotatable bonds is 2. The molecule has 2 heterocycles. The fourth-order valence-electron chi connectivity index (χ4n) is 2.75. The average Bonchev–Trinajstić information content (AvgIpc) is 2.86. The van der Waals surface area contributed by atoms with Crippen LogP contribution in [0, 0.1) is 12.8 Å². The minimum Gasteiger partial charge on any atom is -0.361 e. The first-order chi connectivity index (χ1) is 10.1. The number of amides is 1. The lowest BCUT2D eigenvalue weighted by Gasteiger charge is -2.24. The molecule has 0 radical (unpaired) electrons. The van der Waals surface area contributed by atoms with Crippen molar-refractivity contribution < 1.29 is 4.79 Å². The van der Waals surface area contributed by atoms with Crippen molar-refractivity contribution in [3.8, 4) is 0 Å². The number of nitrogens with zero attached hydrogens (tertiary/aromatic N) is 4. The number of fused-ring (bicyclic) bond motifs is 1. The van der Waals surface area contributed by atoms with Crippen molar-refractivity contribution in [2.45, 2.75) is 20.4 Å². The number of carbonyl (C=O) groups is 1. The molecule has 1 amide bonds. The summed E-state index contributed by atoms with van der Waals surface area (Å²) in [6.07, 6.45) is 0. The van der Waals surface area contributed by atoms with Gasteiger partial charge in [-0.1, -0.05) is 19.1 Å². The zero-order valence-corrected chi connectivity index (χ0v) is 12.5. The number of nitrogens with one attached hydrogen (secondary N) is 1. The van der Waals surface area contributed by atoms with Gasteiger partial charge in [0.2, 0.25) is 5.91 Å². The summed E-state index contributed by atoms with van der Waals surface area (Å²) in [4.78, 5) is 20.6. The van der Waals surface area contributed by atoms with E-state index in [0.29, 0.717) is 13.1 Å². The maximum Gasteiger partial charge on any atom is 0.231 e. The molecule has 0 aliphatic carbocycles. The molecule has 21 heavy (non-hydrogen) atoms. The molecule has 0 bridgehead atoms. The minimum atomic E-state index is -0.0672. The lowest BCUT2D eigenvalue weighted by atomic mass is 10.1. The van der Waals surface area contributed by atoms with Crippen molar-refractivity contribution in [1.82, 2.24) is 15.2 Å². The lowest BCUT2D eigenvalue weighted by Crippen LogP contribution is -2.34. The van der Waals surface area contributed by atoms with Gasteiger partial charge in [-0.2, -0.15) is 5.10 Å². The normalized spacial score (nSPS) is 18.6. The van der Waals surface area contributed by atoms with E-state index in [1.54, 1.807) is 4.90 Å². The molecule has 2 aromatic rings. The second-order valence-corrected chi connectivity index (χ2v) is 5.50. The van der Waals surface area contributed by atoms with Crippen LogP contribution in [0.3, 0.4) is 0 Å². The molecular weight excluding hydrogens is 266 g/mol. The topological polar surface area (TPSA) is 65.1 Å². The van der Waals surface area contributed by atoms with Gasteiger partial charge in [-0.3, -0.25) is 9.89 Å². The lowest BCUT2D eigenvalue weighted by molar-refractivity contribution is -0.121. The smallest absolute Gasteiger partial charge is 0.231 e. The number of anilines is 2. The average molecular weight is 285 g/mol. The van der Waals surface area contributed by atoms with Crippen LogP contribution in [0.5, 0.6) is 0 Å². The molecule has 0 saturated carbocycles. The Kier molecular flexibility index (Phi) is 3.37. The predicted octanol–water partition coefficient (Wildman–Crippen LogP) is 1.73. The highest BCUT2D eigenvalue weighted by Crippen LogP contribution is 2.33. The zero-order chi connectivity index (χ0) is 15.0. The Bertz CT molecular complexity index is 666. The Labute approximate surface area is 123 Å². The van der Waals surface area contributed by atoms with E-state index in [0.717, 1.165) is 23.0 Å². The number of aromatic amines is 1. The van der Waals surface area contributed by atoms with Crippen LogP contribution in [-0.4, -0.2) is 34.7 Å².